The minimum Gasteiger partial charge on any atom is -0.483 e. The number of hydrogen-bond donors (Lipinski definition) is 1. The predicted molar refractivity (Wildman–Crippen MR) is 99.8 cm³/mol. The fourth-order valence-electron chi connectivity index (χ4n) is 5.01. The van der Waals surface area contributed by atoms with Crippen LogP contribution in [0.3, 0.4) is 0 Å². The lowest BCUT2D eigenvalue weighted by atomic mass is 10.0. The average Bonchev–Trinajstić information content (AvgIpc) is 3.35. The summed E-state index contributed by atoms with van der Waals surface area (Å²) >= 11 is 0. The van der Waals surface area contributed by atoms with E-state index in [0.717, 1.165) is 38.2 Å². The van der Waals surface area contributed by atoms with Crippen LogP contribution in [0.25, 0.3) is 0 Å². The topological polar surface area (TPSA) is 48.3 Å². The third-order valence-electron chi connectivity index (χ3n) is 6.37. The van der Waals surface area contributed by atoms with Crippen molar-refractivity contribution in [2.24, 2.45) is 11.8 Å². The summed E-state index contributed by atoms with van der Waals surface area (Å²) in [6, 6.07) is 15.1. The van der Waals surface area contributed by atoms with E-state index < -0.39 is 5.82 Å². The molecule has 4 nitrogen and oxygen atoms in total. The molecule has 2 aromatic rings. The Balaban J connectivity index is 1.47. The molecule has 2 aromatic carbocycles. The Labute approximate surface area is 158 Å². The van der Waals surface area contributed by atoms with Gasteiger partial charge in [-0.25, -0.2) is 4.39 Å². The molecule has 1 aliphatic carbocycles. The van der Waals surface area contributed by atoms with E-state index in [0.29, 0.717) is 17.6 Å². The molecule has 0 unspecified atom stereocenters. The first-order valence-electron chi connectivity index (χ1n) is 9.62. The van der Waals surface area contributed by atoms with Crippen molar-refractivity contribution in [3.05, 3.63) is 65.0 Å². The molecule has 2 fully saturated rings. The average molecular weight is 363 g/mol. The smallest absolute Gasteiger partial charge is 0.144 e. The van der Waals surface area contributed by atoms with Crippen molar-refractivity contribution in [3.63, 3.8) is 0 Å². The lowest BCUT2D eigenvalue weighted by Gasteiger charge is -2.31. The molecule has 138 valence electrons. The number of ether oxygens (including phenoxy) is 1. The van der Waals surface area contributed by atoms with Crippen molar-refractivity contribution in [2.45, 2.75) is 18.6 Å². The van der Waals surface area contributed by atoms with Crippen molar-refractivity contribution in [2.75, 3.05) is 26.2 Å². The van der Waals surface area contributed by atoms with Crippen molar-refractivity contribution in [1.29, 1.82) is 5.26 Å². The Kier molecular flexibility index (Phi) is 4.11. The fraction of sp³-hybridized carbons (Fsp3) is 0.409. The van der Waals surface area contributed by atoms with Crippen LogP contribution < -0.4 is 10.1 Å². The molecule has 0 radical (unpaired) electrons. The number of halogens is 1. The van der Waals surface area contributed by atoms with Gasteiger partial charge in [-0.15, -0.1) is 0 Å². The maximum atomic E-state index is 14.1. The van der Waals surface area contributed by atoms with Gasteiger partial charge >= 0.3 is 0 Å². The van der Waals surface area contributed by atoms with Gasteiger partial charge in [0.1, 0.15) is 29.3 Å². The van der Waals surface area contributed by atoms with E-state index >= 15 is 0 Å². The van der Waals surface area contributed by atoms with E-state index in [4.69, 9.17) is 4.74 Å². The van der Waals surface area contributed by atoms with Crippen LogP contribution in [0.2, 0.25) is 0 Å². The summed E-state index contributed by atoms with van der Waals surface area (Å²) in [6.45, 7) is 4.33. The zero-order valence-corrected chi connectivity index (χ0v) is 15.1. The first kappa shape index (κ1) is 16.7. The zero-order valence-electron chi connectivity index (χ0n) is 15.1. The van der Waals surface area contributed by atoms with E-state index in [-0.39, 0.29) is 17.7 Å². The van der Waals surface area contributed by atoms with Crippen molar-refractivity contribution < 1.29 is 9.13 Å². The highest BCUT2D eigenvalue weighted by atomic mass is 19.1. The summed E-state index contributed by atoms with van der Waals surface area (Å²) in [6.07, 6.45) is 0.757. The standard InChI is InChI=1S/C22H22FN3O/c23-19-6-3-7-21(18(19)9-24)27-22-17-5-2-1-4-14(17)8-20(22)26-12-15-10-25-11-16(15)13-26/h1-7,15-16,20,22,25H,8,10-13H2/t15-,16+,20-,22-/m1/s1. The minimum absolute atomic E-state index is 0.0110. The van der Waals surface area contributed by atoms with E-state index in [9.17, 15) is 9.65 Å². The monoisotopic (exact) mass is 363 g/mol. The number of nitrogens with zero attached hydrogens (tertiary/aromatic N) is 2. The summed E-state index contributed by atoms with van der Waals surface area (Å²) in [5.74, 6) is 1.22. The summed E-state index contributed by atoms with van der Waals surface area (Å²) in [4.78, 5) is 2.55. The van der Waals surface area contributed by atoms with Gasteiger partial charge in [0.15, 0.2) is 0 Å². The highest BCUT2D eigenvalue weighted by molar-refractivity contribution is 5.45. The van der Waals surface area contributed by atoms with Gasteiger partial charge in [-0.05, 0) is 54.6 Å². The highest BCUT2D eigenvalue weighted by Gasteiger charge is 2.45. The molecule has 0 aromatic heterocycles. The van der Waals surface area contributed by atoms with Crippen LogP contribution in [-0.2, 0) is 6.42 Å². The Morgan fingerprint density at radius 3 is 2.63 bits per heavy atom. The Morgan fingerprint density at radius 2 is 1.85 bits per heavy atom. The highest BCUT2D eigenvalue weighted by Crippen LogP contribution is 2.41. The second kappa shape index (κ2) is 6.63. The van der Waals surface area contributed by atoms with E-state index in [1.54, 1.807) is 12.1 Å². The number of nitriles is 1. The van der Waals surface area contributed by atoms with Crippen LogP contribution in [0, 0.1) is 29.0 Å². The molecule has 5 rings (SSSR count). The van der Waals surface area contributed by atoms with Gasteiger partial charge in [0.2, 0.25) is 0 Å². The zero-order chi connectivity index (χ0) is 18.4. The van der Waals surface area contributed by atoms with Gasteiger partial charge in [0, 0.05) is 13.1 Å². The molecule has 2 aliphatic heterocycles. The van der Waals surface area contributed by atoms with Gasteiger partial charge in [0.25, 0.3) is 0 Å². The van der Waals surface area contributed by atoms with E-state index in [1.165, 1.54) is 11.6 Å². The van der Waals surface area contributed by atoms with E-state index in [2.05, 4.69) is 28.4 Å². The molecule has 5 heteroatoms. The normalized spacial score (nSPS) is 29.3. The number of likely N-dealkylation sites (tertiary alicyclic amines) is 1. The van der Waals surface area contributed by atoms with Gasteiger partial charge in [-0.1, -0.05) is 30.3 Å². The number of rotatable bonds is 3. The Hall–Kier alpha value is -2.42. The van der Waals surface area contributed by atoms with Crippen LogP contribution in [-0.4, -0.2) is 37.1 Å². The lowest BCUT2D eigenvalue weighted by molar-refractivity contribution is 0.0885. The summed E-state index contributed by atoms with van der Waals surface area (Å²) in [5.41, 5.74) is 2.44. The molecule has 2 saturated heterocycles. The van der Waals surface area contributed by atoms with Crippen LogP contribution in [0.1, 0.15) is 22.8 Å². The van der Waals surface area contributed by atoms with Gasteiger partial charge in [-0.2, -0.15) is 5.26 Å². The maximum Gasteiger partial charge on any atom is 0.144 e. The quantitative estimate of drug-likeness (QED) is 0.911. The molecule has 0 bridgehead atoms. The molecule has 0 spiro atoms. The Morgan fingerprint density at radius 1 is 1.07 bits per heavy atom. The number of fused-ring (bicyclic) bond motifs is 2. The van der Waals surface area contributed by atoms with Crippen molar-refractivity contribution in [3.8, 4) is 11.8 Å². The van der Waals surface area contributed by atoms with Gasteiger partial charge in [0.05, 0.1) is 6.04 Å². The molecule has 27 heavy (non-hydrogen) atoms. The number of benzene rings is 2. The maximum absolute atomic E-state index is 14.1. The first-order valence-corrected chi connectivity index (χ1v) is 9.62. The fourth-order valence-corrected chi connectivity index (χ4v) is 5.01. The molecule has 3 aliphatic rings. The van der Waals surface area contributed by atoms with E-state index in [1.807, 2.05) is 12.1 Å². The van der Waals surface area contributed by atoms with Crippen LogP contribution in [0.5, 0.6) is 5.75 Å². The predicted octanol–water partition coefficient (Wildman–Crippen LogP) is 2.89. The van der Waals surface area contributed by atoms with Crippen molar-refractivity contribution in [1.82, 2.24) is 10.2 Å². The largest absolute Gasteiger partial charge is 0.483 e. The van der Waals surface area contributed by atoms with Crippen LogP contribution in [0.4, 0.5) is 4.39 Å². The number of nitrogens with one attached hydrogen (secondary N) is 1. The van der Waals surface area contributed by atoms with Gasteiger partial charge < -0.3 is 10.1 Å². The second-order valence-electron chi connectivity index (χ2n) is 7.87. The molecule has 4 atom stereocenters. The third kappa shape index (κ3) is 2.80. The van der Waals surface area contributed by atoms with Crippen LogP contribution in [0.15, 0.2) is 42.5 Å². The van der Waals surface area contributed by atoms with Gasteiger partial charge in [-0.3, -0.25) is 4.90 Å². The second-order valence-corrected chi connectivity index (χ2v) is 7.87. The molecular weight excluding hydrogens is 341 g/mol. The molecule has 2 heterocycles. The number of hydrogen-bond acceptors (Lipinski definition) is 4. The third-order valence-corrected chi connectivity index (χ3v) is 6.37. The SMILES string of the molecule is N#Cc1c(F)cccc1O[C@@H]1c2ccccc2C[C@H]1N1C[C@H]2CNC[C@H]2C1. The molecular formula is C22H22FN3O. The summed E-state index contributed by atoms with van der Waals surface area (Å²) in [5, 5.41) is 12.9. The minimum atomic E-state index is -0.528. The molecule has 0 saturated carbocycles. The Bertz CT molecular complexity index is 897. The van der Waals surface area contributed by atoms with Crippen molar-refractivity contribution >= 4 is 0 Å². The van der Waals surface area contributed by atoms with Crippen LogP contribution >= 0.6 is 0 Å². The molecule has 0 amide bonds. The summed E-state index contributed by atoms with van der Waals surface area (Å²) in [7, 11) is 0. The lowest BCUT2D eigenvalue weighted by Crippen LogP contribution is -2.40. The molecule has 1 N–H and O–H groups in total. The summed E-state index contributed by atoms with van der Waals surface area (Å²) < 4.78 is 20.4. The first-order chi connectivity index (χ1) is 13.2.